The molecule has 0 heterocycles. The molecule has 2 nitrogen and oxygen atoms in total. The summed E-state index contributed by atoms with van der Waals surface area (Å²) in [5.41, 5.74) is 1.17. The van der Waals surface area contributed by atoms with Gasteiger partial charge in [0.15, 0.2) is 0 Å². The largest absolute Gasteiger partial charge is 0.494 e. The van der Waals surface area contributed by atoms with E-state index >= 15 is 0 Å². The Morgan fingerprint density at radius 2 is 1.38 bits per heavy atom. The highest BCUT2D eigenvalue weighted by atomic mass is 32.1. The molecule has 0 unspecified atom stereocenters. The van der Waals surface area contributed by atoms with Crippen molar-refractivity contribution in [2.75, 3.05) is 12.4 Å². The Kier molecular flexibility index (Phi) is 7.02. The summed E-state index contributed by atoms with van der Waals surface area (Å²) >= 11 is 4.20. The van der Waals surface area contributed by atoms with Crippen LogP contribution in [0.2, 0.25) is 0 Å². The van der Waals surface area contributed by atoms with E-state index in [2.05, 4.69) is 24.8 Å². The van der Waals surface area contributed by atoms with Crippen molar-refractivity contribution < 1.29 is 9.47 Å². The minimum Gasteiger partial charge on any atom is -0.494 e. The number of benzene rings is 2. The molecule has 3 heteroatoms. The summed E-state index contributed by atoms with van der Waals surface area (Å²) in [7, 11) is 0. The fourth-order valence-electron chi connectivity index (χ4n) is 1.95. The van der Waals surface area contributed by atoms with Crippen LogP contribution in [0.4, 0.5) is 0 Å². The minimum absolute atomic E-state index is 0.588. The van der Waals surface area contributed by atoms with Gasteiger partial charge in [-0.1, -0.05) is 30.3 Å². The summed E-state index contributed by atoms with van der Waals surface area (Å²) in [5.74, 6) is 2.71. The van der Waals surface area contributed by atoms with Crippen molar-refractivity contribution in [3.8, 4) is 11.5 Å². The predicted octanol–water partition coefficient (Wildman–Crippen LogP) is 4.74. The second-order valence-electron chi connectivity index (χ2n) is 4.88. The molecule has 0 saturated carbocycles. The van der Waals surface area contributed by atoms with Crippen molar-refractivity contribution in [2.24, 2.45) is 0 Å². The topological polar surface area (TPSA) is 18.5 Å². The third-order valence-corrected chi connectivity index (χ3v) is 3.46. The monoisotopic (exact) mass is 302 g/mol. The van der Waals surface area contributed by atoms with E-state index in [0.29, 0.717) is 6.61 Å². The number of hydrogen-bond acceptors (Lipinski definition) is 3. The maximum atomic E-state index is 5.74. The summed E-state index contributed by atoms with van der Waals surface area (Å²) in [5, 5.41) is 0. The fourth-order valence-corrected chi connectivity index (χ4v) is 2.18. The summed E-state index contributed by atoms with van der Waals surface area (Å²) in [4.78, 5) is 0. The summed E-state index contributed by atoms with van der Waals surface area (Å²) < 4.78 is 11.4. The van der Waals surface area contributed by atoms with E-state index < -0.39 is 0 Å². The van der Waals surface area contributed by atoms with E-state index in [4.69, 9.17) is 9.47 Å². The lowest BCUT2D eigenvalue weighted by Crippen LogP contribution is -1.98. The molecule has 2 aromatic carbocycles. The van der Waals surface area contributed by atoms with Crippen LogP contribution < -0.4 is 9.47 Å². The zero-order valence-corrected chi connectivity index (χ0v) is 13.1. The molecule has 0 aromatic heterocycles. The molecule has 0 radical (unpaired) electrons. The lowest BCUT2D eigenvalue weighted by Gasteiger charge is -2.08. The van der Waals surface area contributed by atoms with E-state index in [1.54, 1.807) is 0 Å². The van der Waals surface area contributed by atoms with Gasteiger partial charge in [-0.05, 0) is 54.8 Å². The average molecular weight is 302 g/mol. The Hall–Kier alpha value is -1.61. The standard InChI is InChI=1S/C18H22O2S/c21-14-6-2-5-13-19-17-9-11-18(12-10-17)20-15-16-7-3-1-4-8-16/h1,3-4,7-12,21H,2,5-6,13-15H2. The van der Waals surface area contributed by atoms with Gasteiger partial charge >= 0.3 is 0 Å². The van der Waals surface area contributed by atoms with Gasteiger partial charge in [-0.2, -0.15) is 12.6 Å². The van der Waals surface area contributed by atoms with Gasteiger partial charge < -0.3 is 9.47 Å². The highest BCUT2D eigenvalue weighted by Crippen LogP contribution is 2.19. The zero-order chi connectivity index (χ0) is 14.8. The molecule has 0 aliphatic rings. The Morgan fingerprint density at radius 3 is 2.05 bits per heavy atom. The summed E-state index contributed by atoms with van der Waals surface area (Å²) in [6.07, 6.45) is 3.40. The van der Waals surface area contributed by atoms with Crippen molar-refractivity contribution in [1.29, 1.82) is 0 Å². The Labute approximate surface area is 132 Å². The van der Waals surface area contributed by atoms with Crippen LogP contribution in [0.25, 0.3) is 0 Å². The van der Waals surface area contributed by atoms with Crippen LogP contribution in [0.1, 0.15) is 24.8 Å². The van der Waals surface area contributed by atoms with Crippen LogP contribution in [-0.4, -0.2) is 12.4 Å². The molecule has 0 saturated heterocycles. The maximum Gasteiger partial charge on any atom is 0.120 e. The first-order valence-corrected chi connectivity index (χ1v) is 8.02. The van der Waals surface area contributed by atoms with Gasteiger partial charge in [0.1, 0.15) is 18.1 Å². The van der Waals surface area contributed by atoms with Gasteiger partial charge in [0.05, 0.1) is 6.61 Å². The molecule has 2 aromatic rings. The third kappa shape index (κ3) is 6.13. The first kappa shape index (κ1) is 15.8. The lowest BCUT2D eigenvalue weighted by molar-refractivity contribution is 0.298. The Bertz CT molecular complexity index is 496. The molecule has 21 heavy (non-hydrogen) atoms. The summed E-state index contributed by atoms with van der Waals surface area (Å²) in [6, 6.07) is 18.0. The Balaban J connectivity index is 1.71. The van der Waals surface area contributed by atoms with Crippen molar-refractivity contribution in [2.45, 2.75) is 25.9 Å². The van der Waals surface area contributed by atoms with Gasteiger partial charge in [0, 0.05) is 0 Å². The van der Waals surface area contributed by atoms with Crippen molar-refractivity contribution in [3.05, 3.63) is 60.2 Å². The van der Waals surface area contributed by atoms with E-state index in [1.165, 1.54) is 12.0 Å². The molecule has 0 atom stereocenters. The predicted molar refractivity (Wildman–Crippen MR) is 90.4 cm³/mol. The molecule has 0 N–H and O–H groups in total. The number of thiol groups is 1. The molecule has 2 rings (SSSR count). The van der Waals surface area contributed by atoms with E-state index in [-0.39, 0.29) is 0 Å². The molecule has 0 amide bonds. The highest BCUT2D eigenvalue weighted by Gasteiger charge is 1.98. The van der Waals surface area contributed by atoms with Crippen LogP contribution in [0.5, 0.6) is 11.5 Å². The van der Waals surface area contributed by atoms with E-state index in [0.717, 1.165) is 36.7 Å². The molecular weight excluding hydrogens is 280 g/mol. The van der Waals surface area contributed by atoms with Gasteiger partial charge in [0.2, 0.25) is 0 Å². The van der Waals surface area contributed by atoms with E-state index in [1.807, 2.05) is 42.5 Å². The third-order valence-electron chi connectivity index (χ3n) is 3.14. The maximum absolute atomic E-state index is 5.74. The minimum atomic E-state index is 0.588. The normalized spacial score (nSPS) is 10.3. The number of rotatable bonds is 9. The molecular formula is C18H22O2S. The molecule has 0 fully saturated rings. The second-order valence-corrected chi connectivity index (χ2v) is 5.33. The van der Waals surface area contributed by atoms with Crippen molar-refractivity contribution >= 4 is 12.6 Å². The quantitative estimate of drug-likeness (QED) is 0.532. The van der Waals surface area contributed by atoms with Gasteiger partial charge in [0.25, 0.3) is 0 Å². The van der Waals surface area contributed by atoms with Crippen LogP contribution in [0.15, 0.2) is 54.6 Å². The van der Waals surface area contributed by atoms with Crippen LogP contribution >= 0.6 is 12.6 Å². The Morgan fingerprint density at radius 1 is 0.714 bits per heavy atom. The zero-order valence-electron chi connectivity index (χ0n) is 12.2. The fraction of sp³-hybridized carbons (Fsp3) is 0.333. The smallest absolute Gasteiger partial charge is 0.120 e. The van der Waals surface area contributed by atoms with Crippen molar-refractivity contribution in [1.82, 2.24) is 0 Å². The van der Waals surface area contributed by atoms with Crippen molar-refractivity contribution in [3.63, 3.8) is 0 Å². The SMILES string of the molecule is SCCCCCOc1ccc(OCc2ccccc2)cc1. The second kappa shape index (κ2) is 9.35. The van der Waals surface area contributed by atoms with Gasteiger partial charge in [-0.25, -0.2) is 0 Å². The molecule has 0 spiro atoms. The van der Waals surface area contributed by atoms with Gasteiger partial charge in [-0.3, -0.25) is 0 Å². The number of ether oxygens (including phenoxy) is 2. The molecule has 0 bridgehead atoms. The number of unbranched alkanes of at least 4 members (excludes halogenated alkanes) is 2. The molecule has 112 valence electrons. The first-order valence-electron chi connectivity index (χ1n) is 7.39. The highest BCUT2D eigenvalue weighted by molar-refractivity contribution is 7.80. The van der Waals surface area contributed by atoms with Crippen LogP contribution in [0.3, 0.4) is 0 Å². The average Bonchev–Trinajstić information content (AvgIpc) is 2.55. The van der Waals surface area contributed by atoms with Crippen LogP contribution in [-0.2, 0) is 6.61 Å². The number of hydrogen-bond donors (Lipinski definition) is 1. The first-order chi connectivity index (χ1) is 10.4. The summed E-state index contributed by atoms with van der Waals surface area (Å²) in [6.45, 7) is 1.35. The lowest BCUT2D eigenvalue weighted by atomic mass is 10.2. The van der Waals surface area contributed by atoms with Crippen LogP contribution in [0, 0.1) is 0 Å². The van der Waals surface area contributed by atoms with E-state index in [9.17, 15) is 0 Å². The molecule has 0 aliphatic heterocycles. The van der Waals surface area contributed by atoms with Gasteiger partial charge in [-0.15, -0.1) is 0 Å². The molecule has 0 aliphatic carbocycles.